The summed E-state index contributed by atoms with van der Waals surface area (Å²) < 4.78 is 5.56. The fourth-order valence-corrected chi connectivity index (χ4v) is 5.58. The molecule has 3 aliphatic carbocycles. The number of carbonyl (C=O) groups excluding carboxylic acids is 2. The quantitative estimate of drug-likeness (QED) is 0.466. The molecule has 7 heteroatoms. The maximum Gasteiger partial charge on any atom is 0.254 e. The number of carbonyl (C=O) groups is 2. The van der Waals surface area contributed by atoms with Crippen LogP contribution >= 0.6 is 15.9 Å². The third-order valence-electron chi connectivity index (χ3n) is 6.42. The van der Waals surface area contributed by atoms with E-state index in [0.717, 1.165) is 17.9 Å². The summed E-state index contributed by atoms with van der Waals surface area (Å²) in [7, 11) is 1.45. The van der Waals surface area contributed by atoms with E-state index < -0.39 is 0 Å². The first-order valence-corrected chi connectivity index (χ1v) is 9.44. The smallest absolute Gasteiger partial charge is 0.254 e. The molecule has 3 fully saturated rings. The minimum absolute atomic E-state index is 0.00936. The van der Waals surface area contributed by atoms with Crippen LogP contribution in [-0.2, 0) is 9.59 Å². The molecule has 4 aliphatic rings. The zero-order valence-electron chi connectivity index (χ0n) is 14.1. The maximum absolute atomic E-state index is 12.9. The van der Waals surface area contributed by atoms with Gasteiger partial charge in [0.25, 0.3) is 11.8 Å². The number of benzene rings is 1. The fraction of sp³-hybridized carbons (Fsp3) is 0.421. The molecule has 2 bridgehead atoms. The molecule has 134 valence electrons. The molecule has 5 rings (SSSR count). The van der Waals surface area contributed by atoms with Gasteiger partial charge in [-0.2, -0.15) is 10.1 Å². The highest BCUT2D eigenvalue weighted by atomic mass is 79.9. The second kappa shape index (κ2) is 5.19. The van der Waals surface area contributed by atoms with Gasteiger partial charge in [-0.3, -0.25) is 9.59 Å². The number of imide groups is 1. The highest BCUT2D eigenvalue weighted by Crippen LogP contribution is 2.73. The van der Waals surface area contributed by atoms with Gasteiger partial charge in [0.05, 0.1) is 29.6 Å². The molecule has 4 atom stereocenters. The summed E-state index contributed by atoms with van der Waals surface area (Å²) in [6, 6.07) is 3.25. The lowest BCUT2D eigenvalue weighted by Gasteiger charge is -2.18. The van der Waals surface area contributed by atoms with E-state index in [4.69, 9.17) is 4.74 Å². The number of hydrogen-bond donors (Lipinski definition) is 1. The molecule has 4 unspecified atom stereocenters. The van der Waals surface area contributed by atoms with Crippen molar-refractivity contribution in [3.8, 4) is 11.5 Å². The Hall–Kier alpha value is -2.15. The van der Waals surface area contributed by atoms with E-state index in [1.54, 1.807) is 12.1 Å². The Kier molecular flexibility index (Phi) is 3.20. The van der Waals surface area contributed by atoms with Gasteiger partial charge < -0.3 is 9.84 Å². The Morgan fingerprint density at radius 1 is 1.23 bits per heavy atom. The van der Waals surface area contributed by atoms with Gasteiger partial charge in [-0.1, -0.05) is 12.2 Å². The monoisotopic (exact) mass is 416 g/mol. The van der Waals surface area contributed by atoms with Crippen LogP contribution in [0, 0.1) is 29.1 Å². The average molecular weight is 417 g/mol. The van der Waals surface area contributed by atoms with Crippen LogP contribution in [0.5, 0.6) is 11.5 Å². The molecule has 1 heterocycles. The number of phenolic OH excluding ortho intramolecular Hbond substituents is 1. The normalized spacial score (nSPS) is 32.9. The fourth-order valence-electron chi connectivity index (χ4n) is 5.12. The van der Waals surface area contributed by atoms with Crippen LogP contribution in [0.2, 0.25) is 0 Å². The van der Waals surface area contributed by atoms with Crippen molar-refractivity contribution in [3.05, 3.63) is 34.3 Å². The number of fused-ring (bicyclic) bond motifs is 3. The van der Waals surface area contributed by atoms with E-state index in [9.17, 15) is 14.7 Å². The van der Waals surface area contributed by atoms with Crippen LogP contribution in [0.25, 0.3) is 0 Å². The minimum Gasteiger partial charge on any atom is -0.503 e. The van der Waals surface area contributed by atoms with Crippen LogP contribution in [0.4, 0.5) is 0 Å². The van der Waals surface area contributed by atoms with Crippen molar-refractivity contribution < 1.29 is 19.4 Å². The third-order valence-corrected chi connectivity index (χ3v) is 7.03. The largest absolute Gasteiger partial charge is 0.503 e. The number of aromatic hydroxyl groups is 1. The minimum atomic E-state index is -0.252. The van der Waals surface area contributed by atoms with Crippen molar-refractivity contribution >= 4 is 34.0 Å². The zero-order chi connectivity index (χ0) is 18.2. The van der Waals surface area contributed by atoms with Crippen LogP contribution in [0.15, 0.2) is 33.9 Å². The molecule has 2 amide bonds. The van der Waals surface area contributed by atoms with Crippen molar-refractivity contribution in [2.45, 2.75) is 12.8 Å². The number of allylic oxidation sites excluding steroid dienone is 2. The number of nitrogens with zero attached hydrogens (tertiary/aromatic N) is 2. The molecule has 26 heavy (non-hydrogen) atoms. The van der Waals surface area contributed by atoms with Gasteiger partial charge in [-0.05, 0) is 63.7 Å². The summed E-state index contributed by atoms with van der Waals surface area (Å²) >= 11 is 3.25. The topological polar surface area (TPSA) is 79.2 Å². The van der Waals surface area contributed by atoms with Crippen LogP contribution in [-0.4, -0.2) is 35.3 Å². The van der Waals surface area contributed by atoms with Crippen molar-refractivity contribution in [2.75, 3.05) is 7.11 Å². The first-order chi connectivity index (χ1) is 12.5. The predicted molar refractivity (Wildman–Crippen MR) is 96.6 cm³/mol. The number of hydrogen-bond acceptors (Lipinski definition) is 5. The van der Waals surface area contributed by atoms with Gasteiger partial charge in [0.1, 0.15) is 0 Å². The van der Waals surface area contributed by atoms with E-state index in [-0.39, 0.29) is 52.4 Å². The van der Waals surface area contributed by atoms with Crippen molar-refractivity contribution in [1.29, 1.82) is 0 Å². The predicted octanol–water partition coefficient (Wildman–Crippen LogP) is 2.69. The molecule has 6 nitrogen and oxygen atoms in total. The Bertz CT molecular complexity index is 871. The number of amides is 2. The molecule has 2 saturated carbocycles. The molecule has 1 aliphatic heterocycles. The molecule has 0 aromatic heterocycles. The van der Waals surface area contributed by atoms with E-state index in [1.807, 2.05) is 0 Å². The lowest BCUT2D eigenvalue weighted by atomic mass is 9.85. The Morgan fingerprint density at radius 2 is 1.85 bits per heavy atom. The molecule has 1 N–H and O–H groups in total. The van der Waals surface area contributed by atoms with Gasteiger partial charge in [-0.25, -0.2) is 0 Å². The van der Waals surface area contributed by atoms with Gasteiger partial charge in [-0.15, -0.1) is 0 Å². The van der Waals surface area contributed by atoms with Gasteiger partial charge in [0, 0.05) is 0 Å². The third kappa shape index (κ3) is 1.89. The van der Waals surface area contributed by atoms with Gasteiger partial charge in [0.15, 0.2) is 11.5 Å². The van der Waals surface area contributed by atoms with E-state index in [1.165, 1.54) is 13.3 Å². The maximum atomic E-state index is 12.9. The second-order valence-corrected chi connectivity index (χ2v) is 8.36. The summed E-state index contributed by atoms with van der Waals surface area (Å²) in [5.74, 6) is -0.224. The number of ether oxygens (including phenoxy) is 1. The van der Waals surface area contributed by atoms with E-state index >= 15 is 0 Å². The van der Waals surface area contributed by atoms with Crippen LogP contribution < -0.4 is 4.74 Å². The Labute approximate surface area is 158 Å². The van der Waals surface area contributed by atoms with Crippen LogP contribution in [0.3, 0.4) is 0 Å². The standard InChI is InChI=1S/C19H17BrN2O4/c1-26-13-7-9(6-12(20)16(13)23)8-21-22-17(24)14-10-2-3-11(15(14)18(22)25)19(10)4-5-19/h2-3,6-8,10-11,14-15,23H,4-5H2,1H3/b21-8+. The Balaban J connectivity index is 1.43. The second-order valence-electron chi connectivity index (χ2n) is 7.51. The molecular formula is C19H17BrN2O4. The zero-order valence-corrected chi connectivity index (χ0v) is 15.6. The van der Waals surface area contributed by atoms with Crippen molar-refractivity contribution in [1.82, 2.24) is 5.01 Å². The van der Waals surface area contributed by atoms with E-state index in [2.05, 4.69) is 33.2 Å². The summed E-state index contributed by atoms with van der Waals surface area (Å²) in [6.45, 7) is 0. The molecule has 1 saturated heterocycles. The van der Waals surface area contributed by atoms with Gasteiger partial charge >= 0.3 is 0 Å². The number of halogens is 1. The molecule has 1 aromatic rings. The molecule has 1 aromatic carbocycles. The summed E-state index contributed by atoms with van der Waals surface area (Å²) in [4.78, 5) is 25.7. The lowest BCUT2D eigenvalue weighted by molar-refractivity contribution is -0.141. The highest BCUT2D eigenvalue weighted by molar-refractivity contribution is 9.10. The number of phenols is 1. The van der Waals surface area contributed by atoms with E-state index in [0.29, 0.717) is 10.0 Å². The summed E-state index contributed by atoms with van der Waals surface area (Å²) in [5, 5.41) is 15.1. The van der Waals surface area contributed by atoms with Crippen molar-refractivity contribution in [2.24, 2.45) is 34.2 Å². The summed E-state index contributed by atoms with van der Waals surface area (Å²) in [6.07, 6.45) is 7.96. The molecular weight excluding hydrogens is 400 g/mol. The van der Waals surface area contributed by atoms with Crippen LogP contribution in [0.1, 0.15) is 18.4 Å². The average Bonchev–Trinajstić information content (AvgIpc) is 3.23. The number of hydrazone groups is 1. The molecule has 1 spiro atoms. The number of methoxy groups -OCH3 is 1. The van der Waals surface area contributed by atoms with Crippen molar-refractivity contribution in [3.63, 3.8) is 0 Å². The first kappa shape index (κ1) is 16.1. The highest BCUT2D eigenvalue weighted by Gasteiger charge is 2.73. The SMILES string of the molecule is COc1cc(/C=N/N2C(=O)C3C(C2=O)C2C=CC3C23CC3)cc(Br)c1O. The Morgan fingerprint density at radius 3 is 2.38 bits per heavy atom. The molecule has 0 radical (unpaired) electrons. The van der Waals surface area contributed by atoms with Gasteiger partial charge in [0.2, 0.25) is 0 Å². The first-order valence-electron chi connectivity index (χ1n) is 8.64. The summed E-state index contributed by atoms with van der Waals surface area (Å²) in [5.41, 5.74) is 0.801. The lowest BCUT2D eigenvalue weighted by Crippen LogP contribution is -2.30. The number of rotatable bonds is 3.